The lowest BCUT2D eigenvalue weighted by molar-refractivity contribution is 0.520. The maximum atomic E-state index is 9.09. The average Bonchev–Trinajstić information content (AvgIpc) is 2.55. The highest BCUT2D eigenvalue weighted by Crippen LogP contribution is 2.31. The van der Waals surface area contributed by atoms with Crippen molar-refractivity contribution >= 4 is 22.6 Å². The third-order valence-electron chi connectivity index (χ3n) is 2.31. The van der Waals surface area contributed by atoms with Crippen molar-refractivity contribution in [2.75, 3.05) is 0 Å². The number of furan rings is 1. The van der Waals surface area contributed by atoms with Gasteiger partial charge in [-0.25, -0.2) is 0 Å². The number of halogens is 1. The third-order valence-corrected chi connectivity index (χ3v) is 2.55. The second kappa shape index (κ2) is 3.60. The van der Waals surface area contributed by atoms with E-state index in [1.807, 2.05) is 13.8 Å². The Morgan fingerprint density at radius 2 is 2.13 bits per heavy atom. The van der Waals surface area contributed by atoms with E-state index >= 15 is 0 Å². The Kier molecular flexibility index (Phi) is 2.42. The van der Waals surface area contributed by atoms with E-state index < -0.39 is 0 Å². The number of nitrogens with zero attached hydrogens (tertiary/aromatic N) is 1. The molecule has 1 aromatic carbocycles. The molecule has 0 atom stereocenters. The lowest BCUT2D eigenvalue weighted by Crippen LogP contribution is -1.86. The standard InChI is InChI=1S/C12H10ClNO/c1-7(2)12-10(6-14)9-5-8(13)3-4-11(9)15-12/h3-5,7H,1-2H3. The van der Waals surface area contributed by atoms with Crippen LogP contribution in [0.5, 0.6) is 0 Å². The number of hydrogen-bond donors (Lipinski definition) is 0. The van der Waals surface area contributed by atoms with Crippen LogP contribution in [0.2, 0.25) is 5.02 Å². The lowest BCUT2D eigenvalue weighted by atomic mass is 10.1. The van der Waals surface area contributed by atoms with Crippen molar-refractivity contribution in [1.29, 1.82) is 5.26 Å². The number of nitriles is 1. The number of fused-ring (bicyclic) bond motifs is 1. The highest BCUT2D eigenvalue weighted by molar-refractivity contribution is 6.31. The third kappa shape index (κ3) is 1.60. The van der Waals surface area contributed by atoms with Gasteiger partial charge in [-0.1, -0.05) is 25.4 Å². The van der Waals surface area contributed by atoms with E-state index in [9.17, 15) is 0 Å². The van der Waals surface area contributed by atoms with E-state index in [1.54, 1.807) is 18.2 Å². The van der Waals surface area contributed by atoms with Crippen LogP contribution in [0, 0.1) is 11.3 Å². The van der Waals surface area contributed by atoms with Gasteiger partial charge in [-0.2, -0.15) is 5.26 Å². The highest BCUT2D eigenvalue weighted by Gasteiger charge is 2.16. The molecule has 0 saturated carbocycles. The highest BCUT2D eigenvalue weighted by atomic mass is 35.5. The molecule has 0 N–H and O–H groups in total. The van der Waals surface area contributed by atoms with Crippen LogP contribution in [0.25, 0.3) is 11.0 Å². The molecule has 15 heavy (non-hydrogen) atoms. The maximum Gasteiger partial charge on any atom is 0.135 e. The largest absolute Gasteiger partial charge is 0.459 e. The zero-order valence-corrected chi connectivity index (χ0v) is 9.30. The fourth-order valence-electron chi connectivity index (χ4n) is 1.61. The molecule has 0 amide bonds. The van der Waals surface area contributed by atoms with E-state index in [0.29, 0.717) is 10.6 Å². The molecule has 2 rings (SSSR count). The lowest BCUT2D eigenvalue weighted by Gasteiger charge is -1.98. The first-order valence-corrected chi connectivity index (χ1v) is 5.13. The van der Waals surface area contributed by atoms with Crippen molar-refractivity contribution < 1.29 is 4.42 Å². The van der Waals surface area contributed by atoms with Crippen LogP contribution >= 0.6 is 11.6 Å². The molecule has 0 radical (unpaired) electrons. The molecule has 2 nitrogen and oxygen atoms in total. The molecule has 0 saturated heterocycles. The molecule has 0 fully saturated rings. The van der Waals surface area contributed by atoms with Gasteiger partial charge in [0.15, 0.2) is 0 Å². The molecule has 2 aromatic rings. The fourth-order valence-corrected chi connectivity index (χ4v) is 1.78. The van der Waals surface area contributed by atoms with Crippen molar-refractivity contribution in [3.63, 3.8) is 0 Å². The second-order valence-electron chi connectivity index (χ2n) is 3.75. The van der Waals surface area contributed by atoms with Crippen molar-refractivity contribution in [1.82, 2.24) is 0 Å². The Labute approximate surface area is 93.1 Å². The van der Waals surface area contributed by atoms with Crippen molar-refractivity contribution in [2.45, 2.75) is 19.8 Å². The number of rotatable bonds is 1. The van der Waals surface area contributed by atoms with E-state index in [0.717, 1.165) is 16.7 Å². The van der Waals surface area contributed by atoms with Gasteiger partial charge < -0.3 is 4.42 Å². The zero-order chi connectivity index (χ0) is 11.0. The summed E-state index contributed by atoms with van der Waals surface area (Å²) in [7, 11) is 0. The van der Waals surface area contributed by atoms with Gasteiger partial charge >= 0.3 is 0 Å². The zero-order valence-electron chi connectivity index (χ0n) is 8.54. The Morgan fingerprint density at radius 3 is 2.73 bits per heavy atom. The Hall–Kier alpha value is -1.46. The van der Waals surface area contributed by atoms with Crippen molar-refractivity contribution in [2.24, 2.45) is 0 Å². The van der Waals surface area contributed by atoms with Gasteiger partial charge in [0.1, 0.15) is 23.0 Å². The van der Waals surface area contributed by atoms with Gasteiger partial charge in [0.25, 0.3) is 0 Å². The molecule has 0 unspecified atom stereocenters. The quantitative estimate of drug-likeness (QED) is 0.725. The van der Waals surface area contributed by atoms with Crippen molar-refractivity contribution in [3.05, 3.63) is 34.5 Å². The minimum Gasteiger partial charge on any atom is -0.459 e. The fraction of sp³-hybridized carbons (Fsp3) is 0.250. The second-order valence-corrected chi connectivity index (χ2v) is 4.18. The summed E-state index contributed by atoms with van der Waals surface area (Å²) in [6, 6.07) is 7.50. The van der Waals surface area contributed by atoms with Crippen LogP contribution in [0.1, 0.15) is 31.1 Å². The van der Waals surface area contributed by atoms with Gasteiger partial charge in [-0.3, -0.25) is 0 Å². The average molecular weight is 220 g/mol. The van der Waals surface area contributed by atoms with Gasteiger partial charge in [-0.05, 0) is 18.2 Å². The molecule has 76 valence electrons. The Morgan fingerprint density at radius 1 is 1.40 bits per heavy atom. The van der Waals surface area contributed by atoms with E-state index in [2.05, 4.69) is 6.07 Å². The summed E-state index contributed by atoms with van der Waals surface area (Å²) in [4.78, 5) is 0. The van der Waals surface area contributed by atoms with Crippen LogP contribution in [0.15, 0.2) is 22.6 Å². The van der Waals surface area contributed by atoms with E-state index in [4.69, 9.17) is 21.3 Å². The van der Waals surface area contributed by atoms with Crippen LogP contribution in [-0.4, -0.2) is 0 Å². The van der Waals surface area contributed by atoms with Crippen molar-refractivity contribution in [3.8, 4) is 6.07 Å². The smallest absolute Gasteiger partial charge is 0.135 e. The molecule has 3 heteroatoms. The summed E-state index contributed by atoms with van der Waals surface area (Å²) in [5, 5.41) is 10.5. The molecular weight excluding hydrogens is 210 g/mol. The van der Waals surface area contributed by atoms with Gasteiger partial charge in [0.05, 0.1) is 0 Å². The molecule has 0 spiro atoms. The molecular formula is C12H10ClNO. The van der Waals surface area contributed by atoms with E-state index in [-0.39, 0.29) is 5.92 Å². The molecule has 1 aromatic heterocycles. The summed E-state index contributed by atoms with van der Waals surface area (Å²) in [6.07, 6.45) is 0. The summed E-state index contributed by atoms with van der Waals surface area (Å²) >= 11 is 5.89. The number of benzene rings is 1. The molecule has 0 aliphatic heterocycles. The minimum absolute atomic E-state index is 0.200. The molecule has 0 bridgehead atoms. The van der Waals surface area contributed by atoms with Gasteiger partial charge in [-0.15, -0.1) is 0 Å². The predicted molar refractivity (Wildman–Crippen MR) is 60.0 cm³/mol. The summed E-state index contributed by atoms with van der Waals surface area (Å²) in [5.41, 5.74) is 1.32. The Bertz CT molecular complexity index is 548. The minimum atomic E-state index is 0.200. The topological polar surface area (TPSA) is 36.9 Å². The first-order valence-electron chi connectivity index (χ1n) is 4.75. The number of hydrogen-bond acceptors (Lipinski definition) is 2. The first kappa shape index (κ1) is 10.1. The molecule has 0 aliphatic rings. The molecule has 0 aliphatic carbocycles. The first-order chi connectivity index (χ1) is 7.13. The summed E-state index contributed by atoms with van der Waals surface area (Å²) in [5.74, 6) is 0.931. The predicted octanol–water partition coefficient (Wildman–Crippen LogP) is 4.08. The maximum absolute atomic E-state index is 9.09. The van der Waals surface area contributed by atoms with Crippen LogP contribution in [0.4, 0.5) is 0 Å². The van der Waals surface area contributed by atoms with Gasteiger partial charge in [0, 0.05) is 16.3 Å². The summed E-state index contributed by atoms with van der Waals surface area (Å²) < 4.78 is 5.63. The molecule has 1 heterocycles. The van der Waals surface area contributed by atoms with Crippen LogP contribution < -0.4 is 0 Å². The monoisotopic (exact) mass is 219 g/mol. The van der Waals surface area contributed by atoms with Crippen LogP contribution in [-0.2, 0) is 0 Å². The van der Waals surface area contributed by atoms with Crippen LogP contribution in [0.3, 0.4) is 0 Å². The summed E-state index contributed by atoms with van der Waals surface area (Å²) in [6.45, 7) is 4.00. The SMILES string of the molecule is CC(C)c1oc2ccc(Cl)cc2c1C#N. The Balaban J connectivity index is 2.81. The van der Waals surface area contributed by atoms with Gasteiger partial charge in [0.2, 0.25) is 0 Å². The normalized spacial score (nSPS) is 10.9. The van der Waals surface area contributed by atoms with E-state index in [1.165, 1.54) is 0 Å².